The third-order valence-corrected chi connectivity index (χ3v) is 8.33. The largest absolute Gasteiger partial charge is 0.394 e. The summed E-state index contributed by atoms with van der Waals surface area (Å²) >= 11 is 1.61. The van der Waals surface area contributed by atoms with Crippen LogP contribution >= 0.6 is 11.3 Å². The van der Waals surface area contributed by atoms with Gasteiger partial charge in [-0.25, -0.2) is 19.2 Å². The van der Waals surface area contributed by atoms with Crippen LogP contribution in [0, 0.1) is 0 Å². The van der Waals surface area contributed by atoms with E-state index in [0.717, 1.165) is 45.7 Å². The van der Waals surface area contributed by atoms with E-state index in [1.807, 2.05) is 28.8 Å². The second-order valence-electron chi connectivity index (χ2n) is 10.00. The lowest BCUT2D eigenvalue weighted by Gasteiger charge is -2.18. The van der Waals surface area contributed by atoms with E-state index in [1.165, 1.54) is 12.3 Å². The number of rotatable bonds is 7. The zero-order valence-corrected chi connectivity index (χ0v) is 22.5. The third kappa shape index (κ3) is 4.69. The number of nitrogens with one attached hydrogen (secondary N) is 1. The van der Waals surface area contributed by atoms with Crippen LogP contribution in [0.3, 0.4) is 0 Å². The lowest BCUT2D eigenvalue weighted by atomic mass is 10.1. The molecule has 15 heteroatoms. The summed E-state index contributed by atoms with van der Waals surface area (Å²) in [4.78, 5) is 37.8. The first-order chi connectivity index (χ1) is 20.0. The molecule has 0 saturated carbocycles. The highest BCUT2D eigenvalue weighted by molar-refractivity contribution is 7.18. The lowest BCUT2D eigenvalue weighted by Crippen LogP contribution is -2.33. The molecule has 2 aliphatic rings. The number of nitrogens with zero attached hydrogens (tertiary/aromatic N) is 8. The number of hydrogen-bond donors (Lipinski definition) is 3. The normalized spacial score (nSPS) is 22.8. The maximum absolute atomic E-state index is 14.6. The first kappa shape index (κ1) is 25.9. The molecule has 7 rings (SSSR count). The highest BCUT2D eigenvalue weighted by Crippen LogP contribution is 2.32. The molecule has 5 aromatic rings. The number of fused-ring (bicyclic) bond motifs is 2. The van der Waals surface area contributed by atoms with Crippen LogP contribution in [0.25, 0.3) is 21.4 Å². The molecule has 2 saturated heterocycles. The van der Waals surface area contributed by atoms with E-state index in [-0.39, 0.29) is 11.8 Å². The van der Waals surface area contributed by atoms with Gasteiger partial charge in [0.15, 0.2) is 29.4 Å². The molecule has 1 aromatic carbocycles. The highest BCUT2D eigenvalue weighted by atomic mass is 32.1. The Morgan fingerprint density at radius 3 is 2.71 bits per heavy atom. The van der Waals surface area contributed by atoms with Gasteiger partial charge in [0.25, 0.3) is 0 Å². The van der Waals surface area contributed by atoms with Gasteiger partial charge in [-0.05, 0) is 31.0 Å². The molecule has 41 heavy (non-hydrogen) atoms. The van der Waals surface area contributed by atoms with Crippen molar-refractivity contribution < 1.29 is 19.3 Å². The summed E-state index contributed by atoms with van der Waals surface area (Å²) in [6.07, 6.45) is -0.827. The van der Waals surface area contributed by atoms with Crippen molar-refractivity contribution in [2.24, 2.45) is 0 Å². The van der Waals surface area contributed by atoms with Gasteiger partial charge in [-0.2, -0.15) is 15.0 Å². The topological polar surface area (TPSA) is 156 Å². The van der Waals surface area contributed by atoms with Gasteiger partial charge in [0.1, 0.15) is 23.0 Å². The summed E-state index contributed by atoms with van der Waals surface area (Å²) in [6, 6.07) is 9.45. The average molecular weight is 580 g/mol. The van der Waals surface area contributed by atoms with Gasteiger partial charge in [-0.1, -0.05) is 12.1 Å². The van der Waals surface area contributed by atoms with E-state index < -0.39 is 36.9 Å². The number of benzene rings is 1. The Kier molecular flexibility index (Phi) is 6.57. The molecular formula is C26H26FN9O4S. The molecule has 0 amide bonds. The fourth-order valence-corrected chi connectivity index (χ4v) is 6.22. The summed E-state index contributed by atoms with van der Waals surface area (Å²) in [5, 5.41) is 23.2. The second-order valence-corrected chi connectivity index (χ2v) is 11.1. The van der Waals surface area contributed by atoms with Crippen LogP contribution < -0.4 is 15.9 Å². The number of ether oxygens (including phenoxy) is 1. The average Bonchev–Trinajstić information content (AvgIpc) is 3.77. The molecule has 3 N–H and O–H groups in total. The Morgan fingerprint density at radius 2 is 1.95 bits per heavy atom. The maximum Gasteiger partial charge on any atom is 0.351 e. The fourth-order valence-electron chi connectivity index (χ4n) is 5.25. The number of alkyl halides is 1. The summed E-state index contributed by atoms with van der Waals surface area (Å²) < 4.78 is 23.9. The highest BCUT2D eigenvalue weighted by Gasteiger charge is 2.45. The van der Waals surface area contributed by atoms with Crippen LogP contribution in [0.1, 0.15) is 24.1 Å². The molecule has 6 heterocycles. The molecule has 4 atom stereocenters. The minimum absolute atomic E-state index is 0.155. The summed E-state index contributed by atoms with van der Waals surface area (Å²) in [7, 11) is 0. The summed E-state index contributed by atoms with van der Waals surface area (Å²) in [6.45, 7) is 1.59. The van der Waals surface area contributed by atoms with Crippen LogP contribution in [0.4, 0.5) is 22.0 Å². The zero-order chi connectivity index (χ0) is 28.1. The Hall–Kier alpha value is -4.05. The van der Waals surface area contributed by atoms with E-state index >= 15 is 0 Å². The number of halogens is 1. The van der Waals surface area contributed by atoms with Crippen molar-refractivity contribution >= 4 is 50.3 Å². The Labute approximate surface area is 235 Å². The molecule has 2 aliphatic heterocycles. The Morgan fingerprint density at radius 1 is 1.12 bits per heavy atom. The predicted molar refractivity (Wildman–Crippen MR) is 149 cm³/mol. The monoisotopic (exact) mass is 579 g/mol. The van der Waals surface area contributed by atoms with Gasteiger partial charge < -0.3 is 29.7 Å². The molecule has 0 spiro atoms. The molecule has 13 nitrogen and oxygen atoms in total. The van der Waals surface area contributed by atoms with Crippen molar-refractivity contribution in [3.63, 3.8) is 0 Å². The molecule has 2 fully saturated rings. The molecule has 4 aromatic heterocycles. The van der Waals surface area contributed by atoms with E-state index in [4.69, 9.17) is 19.7 Å². The molecule has 0 bridgehead atoms. The predicted octanol–water partition coefficient (Wildman–Crippen LogP) is 1.97. The molecule has 0 radical (unpaired) electrons. The van der Waals surface area contributed by atoms with E-state index in [9.17, 15) is 19.4 Å². The molecule has 0 aliphatic carbocycles. The van der Waals surface area contributed by atoms with Crippen LogP contribution in [-0.4, -0.2) is 82.3 Å². The number of aliphatic hydroxyl groups is 2. The number of hydrogen-bond acceptors (Lipinski definition) is 12. The standard InChI is InChI=1S/C26H26FN9O4S/c27-19-21(38)15(12-37)40-24(19)36-10-7-17(31-26(36)39)30-25-32-22(34-8-3-4-9-34)20-23(33-25)35(13-28-20)11-18-29-14-5-1-2-6-16(14)41-18/h1-2,5-7,10,13,15,19,21,24,37-38H,3-4,8-9,11-12H2,(H,30,31,32,33,39)/t15-,19-,21-,24?/m1/s1. The SMILES string of the molecule is O=c1nc(Nc2nc(N3CCCC3)c3ncn(Cc4nc5ccccc5s4)c3n2)ccn1C1O[C@H](CO)[C@@H](O)[C@H]1F. The Balaban J connectivity index is 1.21. The first-order valence-electron chi connectivity index (χ1n) is 13.3. The van der Waals surface area contributed by atoms with Gasteiger partial charge in [-0.15, -0.1) is 11.3 Å². The van der Waals surface area contributed by atoms with Crippen molar-refractivity contribution in [1.29, 1.82) is 0 Å². The summed E-state index contributed by atoms with van der Waals surface area (Å²) in [5.74, 6) is 1.07. The lowest BCUT2D eigenvalue weighted by molar-refractivity contribution is -0.0490. The number of thiazole rings is 1. The van der Waals surface area contributed by atoms with Crippen LogP contribution in [0.15, 0.2) is 47.7 Å². The first-order valence-corrected chi connectivity index (χ1v) is 14.1. The minimum Gasteiger partial charge on any atom is -0.394 e. The number of aromatic nitrogens is 7. The van der Waals surface area contributed by atoms with E-state index in [1.54, 1.807) is 17.7 Å². The van der Waals surface area contributed by atoms with Gasteiger partial charge in [0, 0.05) is 19.3 Å². The van der Waals surface area contributed by atoms with E-state index in [2.05, 4.69) is 20.2 Å². The van der Waals surface area contributed by atoms with Crippen molar-refractivity contribution in [1.82, 2.24) is 34.1 Å². The second kappa shape index (κ2) is 10.4. The van der Waals surface area contributed by atoms with Crippen LogP contribution in [0.2, 0.25) is 0 Å². The van der Waals surface area contributed by atoms with E-state index in [0.29, 0.717) is 23.5 Å². The van der Waals surface area contributed by atoms with Crippen molar-refractivity contribution in [2.45, 2.75) is 44.0 Å². The minimum atomic E-state index is -1.89. The van der Waals surface area contributed by atoms with Crippen molar-refractivity contribution in [3.8, 4) is 0 Å². The van der Waals surface area contributed by atoms with Gasteiger partial charge in [0.05, 0.1) is 29.7 Å². The fraction of sp³-hybridized carbons (Fsp3) is 0.385. The molecular weight excluding hydrogens is 553 g/mol. The number of para-hydroxylation sites is 1. The van der Waals surface area contributed by atoms with Crippen LogP contribution in [0.5, 0.6) is 0 Å². The third-order valence-electron chi connectivity index (χ3n) is 7.31. The number of imidazole rings is 1. The van der Waals surface area contributed by atoms with Gasteiger partial charge >= 0.3 is 5.69 Å². The Bertz CT molecular complexity index is 1750. The van der Waals surface area contributed by atoms with Gasteiger partial charge in [0.2, 0.25) is 5.95 Å². The summed E-state index contributed by atoms with van der Waals surface area (Å²) in [5.41, 5.74) is 1.43. The van der Waals surface area contributed by atoms with Crippen molar-refractivity contribution in [2.75, 3.05) is 29.9 Å². The maximum atomic E-state index is 14.6. The van der Waals surface area contributed by atoms with Crippen LogP contribution in [-0.2, 0) is 11.3 Å². The quantitative estimate of drug-likeness (QED) is 0.259. The smallest absolute Gasteiger partial charge is 0.351 e. The molecule has 212 valence electrons. The number of aliphatic hydroxyl groups excluding tert-OH is 2. The van der Waals surface area contributed by atoms with Gasteiger partial charge in [-0.3, -0.25) is 4.57 Å². The number of anilines is 3. The molecule has 1 unspecified atom stereocenters. The van der Waals surface area contributed by atoms with Crippen molar-refractivity contribution in [3.05, 3.63) is 58.3 Å². The zero-order valence-electron chi connectivity index (χ0n) is 21.7.